The van der Waals surface area contributed by atoms with Crippen LogP contribution in [-0.4, -0.2) is 64.9 Å². The highest BCUT2D eigenvalue weighted by Crippen LogP contribution is 2.41. The second-order valence-electron chi connectivity index (χ2n) is 9.57. The maximum absolute atomic E-state index is 13.6. The Morgan fingerprint density at radius 2 is 1.81 bits per heavy atom. The van der Waals surface area contributed by atoms with Crippen molar-refractivity contribution in [3.05, 3.63) is 16.6 Å². The molecule has 3 fully saturated rings. The van der Waals surface area contributed by atoms with Gasteiger partial charge in [-0.15, -0.1) is 11.3 Å². The smallest absolute Gasteiger partial charge is 0.261 e. The van der Waals surface area contributed by atoms with Gasteiger partial charge in [-0.3, -0.25) is 14.4 Å². The second-order valence-corrected chi connectivity index (χ2v) is 10.6. The lowest BCUT2D eigenvalue weighted by molar-refractivity contribution is -0.0445. The zero-order valence-electron chi connectivity index (χ0n) is 18.6. The first-order valence-corrected chi connectivity index (χ1v) is 12.7. The molecule has 2 aromatic rings. The monoisotopic (exact) mass is 466 g/mol. The van der Waals surface area contributed by atoms with E-state index >= 15 is 0 Å². The maximum atomic E-state index is 13.6. The molecule has 1 N–H and O–H groups in total. The van der Waals surface area contributed by atoms with E-state index in [9.17, 15) is 13.6 Å². The molecule has 5 rings (SSSR count). The van der Waals surface area contributed by atoms with E-state index in [0.717, 1.165) is 67.9 Å². The lowest BCUT2D eigenvalue weighted by atomic mass is 9.90. The van der Waals surface area contributed by atoms with Crippen LogP contribution in [0.2, 0.25) is 0 Å². The van der Waals surface area contributed by atoms with Crippen LogP contribution < -0.4 is 5.32 Å². The molecule has 1 amide bonds. The minimum absolute atomic E-state index is 0.0177. The van der Waals surface area contributed by atoms with Crippen molar-refractivity contribution in [2.45, 2.75) is 82.3 Å². The first kappa shape index (κ1) is 22.2. The third-order valence-electron chi connectivity index (χ3n) is 7.42. The highest BCUT2D eigenvalue weighted by molar-refractivity contribution is 7.20. The van der Waals surface area contributed by atoms with Crippen LogP contribution in [0.4, 0.5) is 8.78 Å². The Hall–Kier alpha value is -1.58. The van der Waals surface area contributed by atoms with Gasteiger partial charge < -0.3 is 10.1 Å². The minimum atomic E-state index is -2.56. The zero-order valence-corrected chi connectivity index (χ0v) is 19.4. The fourth-order valence-corrected chi connectivity index (χ4v) is 6.62. The zero-order chi connectivity index (χ0) is 22.3. The summed E-state index contributed by atoms with van der Waals surface area (Å²) in [6.45, 7) is 5.60. The fraction of sp³-hybridized carbons (Fsp3) is 0.739. The van der Waals surface area contributed by atoms with E-state index < -0.39 is 5.92 Å². The van der Waals surface area contributed by atoms with Gasteiger partial charge in [0.2, 0.25) is 5.92 Å². The van der Waals surface area contributed by atoms with E-state index in [-0.39, 0.29) is 30.8 Å². The molecule has 0 unspecified atom stereocenters. The van der Waals surface area contributed by atoms with Gasteiger partial charge in [-0.05, 0) is 51.5 Å². The van der Waals surface area contributed by atoms with E-state index in [1.165, 1.54) is 11.3 Å². The van der Waals surface area contributed by atoms with Gasteiger partial charge >= 0.3 is 0 Å². The number of alkyl halides is 2. The number of hydrogen-bond donors (Lipinski definition) is 1. The van der Waals surface area contributed by atoms with E-state index in [0.29, 0.717) is 23.8 Å². The predicted molar refractivity (Wildman–Crippen MR) is 121 cm³/mol. The molecule has 3 heterocycles. The first-order chi connectivity index (χ1) is 15.4. The molecule has 2 aliphatic carbocycles. The molecule has 6 nitrogen and oxygen atoms in total. The lowest BCUT2D eigenvalue weighted by Gasteiger charge is -2.38. The van der Waals surface area contributed by atoms with Crippen molar-refractivity contribution in [2.75, 3.05) is 26.3 Å². The Kier molecular flexibility index (Phi) is 6.24. The molecule has 9 heteroatoms. The van der Waals surface area contributed by atoms with Gasteiger partial charge in [0, 0.05) is 43.4 Å². The third-order valence-corrected chi connectivity index (χ3v) is 8.54. The number of aryl methyl sites for hydroxylation is 1. The van der Waals surface area contributed by atoms with Crippen LogP contribution in [-0.2, 0) is 4.74 Å². The Labute approximate surface area is 191 Å². The van der Waals surface area contributed by atoms with Crippen LogP contribution in [0.25, 0.3) is 10.2 Å². The molecule has 1 saturated heterocycles. The number of aromatic nitrogens is 2. The Morgan fingerprint density at radius 3 is 2.50 bits per heavy atom. The molecule has 1 aliphatic heterocycles. The van der Waals surface area contributed by atoms with Gasteiger partial charge in [0.25, 0.3) is 5.91 Å². The minimum Gasteiger partial charge on any atom is -0.379 e. The summed E-state index contributed by atoms with van der Waals surface area (Å²) in [5.41, 5.74) is 0.860. The van der Waals surface area contributed by atoms with E-state index in [1.54, 1.807) is 0 Å². The standard InChI is InChI=1S/C23H32F2N4O2S/c1-15-19-14-20(32-22(19)29(27-15)18-6-8-23(24,25)9-7-18)21(30)26-16-2-4-17(5-3-16)28-10-12-31-13-11-28/h14,16-18H,2-13H2,1H3,(H,26,30). The summed E-state index contributed by atoms with van der Waals surface area (Å²) < 4.78 is 34.5. The number of carbonyl (C=O) groups is 1. The Morgan fingerprint density at radius 1 is 1.12 bits per heavy atom. The van der Waals surface area contributed by atoms with Gasteiger partial charge in [-0.25, -0.2) is 8.78 Å². The molecule has 0 aromatic carbocycles. The van der Waals surface area contributed by atoms with Crippen LogP contribution in [0, 0.1) is 6.92 Å². The van der Waals surface area contributed by atoms with E-state index in [4.69, 9.17) is 4.74 Å². The number of halogens is 2. The molecular formula is C23H32F2N4O2S. The Balaban J connectivity index is 1.22. The average Bonchev–Trinajstić information content (AvgIpc) is 3.36. The highest BCUT2D eigenvalue weighted by Gasteiger charge is 2.36. The SMILES string of the molecule is Cc1nn(C2CCC(F)(F)CC2)c2sc(C(=O)NC3CCC(N4CCOCC4)CC3)cc12. The normalized spacial score (nSPS) is 27.6. The molecule has 0 atom stereocenters. The van der Waals surface area contributed by atoms with E-state index in [1.807, 2.05) is 17.7 Å². The van der Waals surface area contributed by atoms with Crippen LogP contribution >= 0.6 is 11.3 Å². The van der Waals surface area contributed by atoms with Crippen LogP contribution in [0.1, 0.15) is 72.8 Å². The van der Waals surface area contributed by atoms with Crippen molar-refractivity contribution in [3.63, 3.8) is 0 Å². The van der Waals surface area contributed by atoms with E-state index in [2.05, 4.69) is 15.3 Å². The maximum Gasteiger partial charge on any atom is 0.261 e. The molecular weight excluding hydrogens is 434 g/mol. The van der Waals surface area contributed by atoms with Gasteiger partial charge in [0.1, 0.15) is 4.83 Å². The number of carbonyl (C=O) groups excluding carboxylic acids is 1. The predicted octanol–water partition coefficient (Wildman–Crippen LogP) is 4.53. The fourth-order valence-electron chi connectivity index (χ4n) is 5.48. The van der Waals surface area contributed by atoms with Crippen molar-refractivity contribution in [2.24, 2.45) is 0 Å². The lowest BCUT2D eigenvalue weighted by Crippen LogP contribution is -2.47. The molecule has 2 saturated carbocycles. The molecule has 0 spiro atoms. The molecule has 2 aromatic heterocycles. The number of nitrogens with zero attached hydrogens (tertiary/aromatic N) is 3. The second kappa shape index (κ2) is 8.99. The van der Waals surface area contributed by atoms with Gasteiger partial charge in [0.15, 0.2) is 0 Å². The van der Waals surface area contributed by atoms with Gasteiger partial charge in [-0.2, -0.15) is 5.10 Å². The first-order valence-electron chi connectivity index (χ1n) is 11.9. The summed E-state index contributed by atoms with van der Waals surface area (Å²) in [6, 6.07) is 2.72. The molecule has 0 bridgehead atoms. The number of fused-ring (bicyclic) bond motifs is 1. The number of hydrogen-bond acceptors (Lipinski definition) is 5. The number of rotatable bonds is 4. The Bertz CT molecular complexity index is 951. The third kappa shape index (κ3) is 4.56. The van der Waals surface area contributed by atoms with Crippen molar-refractivity contribution in [1.29, 1.82) is 0 Å². The van der Waals surface area contributed by atoms with Crippen molar-refractivity contribution in [1.82, 2.24) is 20.0 Å². The summed E-state index contributed by atoms with van der Waals surface area (Å²) in [4.78, 5) is 17.1. The summed E-state index contributed by atoms with van der Waals surface area (Å²) in [5, 5.41) is 8.83. The topological polar surface area (TPSA) is 59.4 Å². The quantitative estimate of drug-likeness (QED) is 0.719. The highest BCUT2D eigenvalue weighted by atomic mass is 32.1. The largest absolute Gasteiger partial charge is 0.379 e. The van der Waals surface area contributed by atoms with Gasteiger partial charge in [-0.1, -0.05) is 0 Å². The van der Waals surface area contributed by atoms with Crippen LogP contribution in [0.15, 0.2) is 6.07 Å². The molecule has 176 valence electrons. The number of thiophene rings is 1. The van der Waals surface area contributed by atoms with Crippen molar-refractivity contribution in [3.8, 4) is 0 Å². The van der Waals surface area contributed by atoms with Crippen LogP contribution in [0.5, 0.6) is 0 Å². The average molecular weight is 467 g/mol. The number of morpholine rings is 1. The number of nitrogens with one attached hydrogen (secondary N) is 1. The molecule has 0 radical (unpaired) electrons. The molecule has 32 heavy (non-hydrogen) atoms. The van der Waals surface area contributed by atoms with Gasteiger partial charge in [0.05, 0.1) is 29.8 Å². The summed E-state index contributed by atoms with van der Waals surface area (Å²) in [6.07, 6.45) is 4.89. The van der Waals surface area contributed by atoms with Crippen molar-refractivity contribution < 1.29 is 18.3 Å². The van der Waals surface area contributed by atoms with Crippen molar-refractivity contribution >= 4 is 27.5 Å². The summed E-state index contributed by atoms with van der Waals surface area (Å²) in [5.74, 6) is -2.58. The molecule has 3 aliphatic rings. The summed E-state index contributed by atoms with van der Waals surface area (Å²) in [7, 11) is 0. The number of amides is 1. The van der Waals surface area contributed by atoms with Crippen LogP contribution in [0.3, 0.4) is 0 Å². The number of ether oxygens (including phenoxy) is 1. The summed E-state index contributed by atoms with van der Waals surface area (Å²) >= 11 is 1.44.